The minimum atomic E-state index is 0.368. The Labute approximate surface area is 156 Å². The number of hydrogen-bond donors (Lipinski definition) is 2. The fourth-order valence-corrected chi connectivity index (χ4v) is 4.10. The summed E-state index contributed by atoms with van der Waals surface area (Å²) in [5.74, 6) is 1.64. The average molecular weight is 357 g/mol. The zero-order chi connectivity index (χ0) is 18.7. The number of methoxy groups -OCH3 is 2. The number of ether oxygens (including phenoxy) is 2. The second kappa shape index (κ2) is 8.11. The molecule has 1 unspecified atom stereocenters. The van der Waals surface area contributed by atoms with Gasteiger partial charge in [0.05, 0.1) is 20.8 Å². The molecule has 3 atom stereocenters. The van der Waals surface area contributed by atoms with Gasteiger partial charge in [0.1, 0.15) is 12.6 Å². The van der Waals surface area contributed by atoms with Crippen LogP contribution in [0.25, 0.3) is 0 Å². The van der Waals surface area contributed by atoms with Gasteiger partial charge in [-0.05, 0) is 24.6 Å². The maximum absolute atomic E-state index is 5.58. The number of nitrogens with one attached hydrogen (secondary N) is 1. The third-order valence-electron chi connectivity index (χ3n) is 5.68. The molecule has 0 amide bonds. The van der Waals surface area contributed by atoms with Gasteiger partial charge in [0.15, 0.2) is 17.5 Å². The molecule has 0 aliphatic carbocycles. The lowest BCUT2D eigenvalue weighted by Crippen LogP contribution is -3.14. The van der Waals surface area contributed by atoms with Crippen LogP contribution in [-0.2, 0) is 13.0 Å². The summed E-state index contributed by atoms with van der Waals surface area (Å²) in [6.07, 6.45) is 2.12. The van der Waals surface area contributed by atoms with Crippen molar-refractivity contribution in [1.29, 1.82) is 0 Å². The molecule has 2 aromatic rings. The van der Waals surface area contributed by atoms with Crippen molar-refractivity contribution in [2.45, 2.75) is 45.3 Å². The van der Waals surface area contributed by atoms with Crippen molar-refractivity contribution in [3.8, 4) is 11.5 Å². The first-order chi connectivity index (χ1) is 12.6. The fraction of sp³-hybridized carbons (Fsp3) is 0.455. The number of fused-ring (bicyclic) bond motifs is 1. The quantitative estimate of drug-likeness (QED) is 0.828. The Bertz CT molecular complexity index is 743. The molecule has 0 fully saturated rings. The summed E-state index contributed by atoms with van der Waals surface area (Å²) in [6, 6.07) is 14.0. The first-order valence-corrected chi connectivity index (χ1v) is 9.55. The average Bonchev–Trinajstić information content (AvgIpc) is 2.67. The summed E-state index contributed by atoms with van der Waals surface area (Å²) in [7, 11) is 3.41. The van der Waals surface area contributed by atoms with E-state index in [4.69, 9.17) is 9.47 Å². The Morgan fingerprint density at radius 1 is 1.12 bits per heavy atom. The van der Waals surface area contributed by atoms with Crippen molar-refractivity contribution in [1.82, 2.24) is 0 Å². The van der Waals surface area contributed by atoms with Crippen LogP contribution >= 0.6 is 0 Å². The molecule has 0 bridgehead atoms. The predicted octanol–water partition coefficient (Wildman–Crippen LogP) is 1.72. The van der Waals surface area contributed by atoms with Crippen LogP contribution in [0.3, 0.4) is 0 Å². The Hall–Kier alpha value is -2.04. The predicted molar refractivity (Wildman–Crippen MR) is 104 cm³/mol. The first kappa shape index (κ1) is 18.7. The van der Waals surface area contributed by atoms with Crippen LogP contribution in [0, 0.1) is 6.92 Å². The largest absolute Gasteiger partial charge is 0.493 e. The van der Waals surface area contributed by atoms with Gasteiger partial charge in [-0.3, -0.25) is 0 Å². The highest BCUT2D eigenvalue weighted by Crippen LogP contribution is 2.35. The standard InChI is InChI=1S/C22H30N2O2/c1-5-19(23)22-18-13-21(26-4)20(25-3)12-17(18)10-11-24(22)14-16-8-6-15(2)7-9-16/h6-9,12-13,19,22H,5,10-11,14,23H2,1-4H3/p+2/t19-,22-/m0/s1. The SMILES string of the molecule is CC[C@H]([NH3+])[C@@H]1c2cc(OC)c(OC)cc2CC[NH+]1Cc1ccc(C)cc1. The minimum absolute atomic E-state index is 0.368. The lowest BCUT2D eigenvalue weighted by Gasteiger charge is -2.36. The number of hydrogen-bond acceptors (Lipinski definition) is 2. The molecule has 1 aliphatic heterocycles. The molecular formula is C22H32N2O2+2. The number of rotatable bonds is 6. The summed E-state index contributed by atoms with van der Waals surface area (Å²) in [6.45, 7) is 6.52. The molecule has 1 heterocycles. The molecule has 0 radical (unpaired) electrons. The van der Waals surface area contributed by atoms with Crippen LogP contribution < -0.4 is 20.1 Å². The van der Waals surface area contributed by atoms with Crippen molar-refractivity contribution < 1.29 is 20.1 Å². The van der Waals surface area contributed by atoms with E-state index in [1.54, 1.807) is 19.1 Å². The van der Waals surface area contributed by atoms with Gasteiger partial charge >= 0.3 is 0 Å². The maximum Gasteiger partial charge on any atom is 0.166 e. The van der Waals surface area contributed by atoms with E-state index in [0.29, 0.717) is 12.1 Å². The van der Waals surface area contributed by atoms with Crippen molar-refractivity contribution >= 4 is 0 Å². The lowest BCUT2D eigenvalue weighted by atomic mass is 9.86. The van der Waals surface area contributed by atoms with Gasteiger partial charge in [0, 0.05) is 24.0 Å². The number of aryl methyl sites for hydroxylation is 1. The highest BCUT2D eigenvalue weighted by Gasteiger charge is 2.38. The second-order valence-electron chi connectivity index (χ2n) is 7.37. The molecule has 4 N–H and O–H groups in total. The molecule has 4 nitrogen and oxygen atoms in total. The zero-order valence-electron chi connectivity index (χ0n) is 16.5. The van der Waals surface area contributed by atoms with E-state index in [1.165, 1.54) is 22.3 Å². The monoisotopic (exact) mass is 356 g/mol. The normalized spacial score (nSPS) is 20.3. The van der Waals surface area contributed by atoms with Crippen LogP contribution in [0.2, 0.25) is 0 Å². The van der Waals surface area contributed by atoms with E-state index in [9.17, 15) is 0 Å². The lowest BCUT2D eigenvalue weighted by molar-refractivity contribution is -0.957. The maximum atomic E-state index is 5.58. The molecule has 3 rings (SSSR count). The third kappa shape index (κ3) is 3.71. The third-order valence-corrected chi connectivity index (χ3v) is 5.68. The Morgan fingerprint density at radius 3 is 2.38 bits per heavy atom. The molecule has 4 heteroatoms. The summed E-state index contributed by atoms with van der Waals surface area (Å²) < 4.78 is 11.1. The molecule has 0 saturated carbocycles. The van der Waals surface area contributed by atoms with E-state index < -0.39 is 0 Å². The van der Waals surface area contributed by atoms with Crippen molar-refractivity contribution in [3.63, 3.8) is 0 Å². The van der Waals surface area contributed by atoms with Crippen LogP contribution in [0.4, 0.5) is 0 Å². The van der Waals surface area contributed by atoms with E-state index in [0.717, 1.165) is 37.4 Å². The van der Waals surface area contributed by atoms with Gasteiger partial charge < -0.3 is 20.1 Å². The van der Waals surface area contributed by atoms with Gasteiger partial charge in [0.2, 0.25) is 0 Å². The van der Waals surface area contributed by atoms with E-state index in [1.807, 2.05) is 0 Å². The van der Waals surface area contributed by atoms with Crippen molar-refractivity contribution in [3.05, 3.63) is 58.7 Å². The van der Waals surface area contributed by atoms with Crippen molar-refractivity contribution in [2.24, 2.45) is 0 Å². The highest BCUT2D eigenvalue weighted by atomic mass is 16.5. The van der Waals surface area contributed by atoms with Gasteiger partial charge in [0.25, 0.3) is 0 Å². The van der Waals surface area contributed by atoms with Crippen LogP contribution in [-0.4, -0.2) is 26.8 Å². The summed E-state index contributed by atoms with van der Waals surface area (Å²) in [4.78, 5) is 1.59. The molecule has 0 aromatic heterocycles. The molecule has 140 valence electrons. The van der Waals surface area contributed by atoms with E-state index in [-0.39, 0.29) is 0 Å². The van der Waals surface area contributed by atoms with Crippen LogP contribution in [0.5, 0.6) is 11.5 Å². The van der Waals surface area contributed by atoms with Gasteiger partial charge in [-0.2, -0.15) is 0 Å². The van der Waals surface area contributed by atoms with E-state index in [2.05, 4.69) is 56.0 Å². The number of benzene rings is 2. The molecule has 0 spiro atoms. The first-order valence-electron chi connectivity index (χ1n) is 9.55. The smallest absolute Gasteiger partial charge is 0.166 e. The topological polar surface area (TPSA) is 50.5 Å². The molecule has 1 aliphatic rings. The second-order valence-corrected chi connectivity index (χ2v) is 7.37. The van der Waals surface area contributed by atoms with Gasteiger partial charge in [-0.1, -0.05) is 36.8 Å². The fourth-order valence-electron chi connectivity index (χ4n) is 4.10. The zero-order valence-corrected chi connectivity index (χ0v) is 16.5. The van der Waals surface area contributed by atoms with Crippen LogP contribution in [0.1, 0.15) is 41.6 Å². The van der Waals surface area contributed by atoms with Crippen molar-refractivity contribution in [2.75, 3.05) is 20.8 Å². The summed E-state index contributed by atoms with van der Waals surface area (Å²) in [5.41, 5.74) is 9.94. The molecular weight excluding hydrogens is 324 g/mol. The molecule has 2 aromatic carbocycles. The Balaban J connectivity index is 1.96. The minimum Gasteiger partial charge on any atom is -0.493 e. The van der Waals surface area contributed by atoms with E-state index >= 15 is 0 Å². The highest BCUT2D eigenvalue weighted by molar-refractivity contribution is 5.49. The number of quaternary nitrogens is 2. The Morgan fingerprint density at radius 2 is 1.77 bits per heavy atom. The molecule has 0 saturated heterocycles. The van der Waals surface area contributed by atoms with Gasteiger partial charge in [-0.15, -0.1) is 0 Å². The van der Waals surface area contributed by atoms with Gasteiger partial charge in [-0.25, -0.2) is 0 Å². The summed E-state index contributed by atoms with van der Waals surface area (Å²) in [5, 5.41) is 0. The Kier molecular flexibility index (Phi) is 5.84. The van der Waals surface area contributed by atoms with Crippen LogP contribution in [0.15, 0.2) is 36.4 Å². The summed E-state index contributed by atoms with van der Waals surface area (Å²) >= 11 is 0. The molecule has 26 heavy (non-hydrogen) atoms.